The zero-order valence-corrected chi connectivity index (χ0v) is 8.39. The Hall–Kier alpha value is -0.700. The van der Waals surface area contributed by atoms with Gasteiger partial charge in [0.1, 0.15) is 5.69 Å². The summed E-state index contributed by atoms with van der Waals surface area (Å²) in [6.45, 7) is 6.05. The molecule has 1 aromatic rings. The summed E-state index contributed by atoms with van der Waals surface area (Å²) in [4.78, 5) is 11.6. The highest BCUT2D eigenvalue weighted by atomic mass is 32.1. The smallest absolute Gasteiger partial charge is 0.185 e. The van der Waals surface area contributed by atoms with Crippen LogP contribution in [-0.4, -0.2) is 10.2 Å². The quantitative estimate of drug-likeness (QED) is 0.674. The lowest BCUT2D eigenvalue weighted by molar-refractivity contribution is 0.0895. The normalized spacial score (nSPS) is 13.3. The van der Waals surface area contributed by atoms with Crippen molar-refractivity contribution >= 4 is 17.3 Å². The van der Waals surface area contributed by atoms with Gasteiger partial charge in [0.25, 0.3) is 0 Å². The fourth-order valence-electron chi connectivity index (χ4n) is 0.876. The van der Waals surface area contributed by atoms with Gasteiger partial charge in [-0.15, -0.1) is 0 Å². The Kier molecular flexibility index (Phi) is 2.98. The molecule has 0 amide bonds. The standard InChI is InChI=1S/C9H13NOS/c1-6(2)7(3)9(11)8-4-5-12-10-8/h4-7H,1-3H3. The highest BCUT2D eigenvalue weighted by Gasteiger charge is 2.19. The Morgan fingerprint density at radius 2 is 2.17 bits per heavy atom. The van der Waals surface area contributed by atoms with Crippen LogP contribution in [0.25, 0.3) is 0 Å². The molecule has 0 saturated heterocycles. The number of hydrogen-bond donors (Lipinski definition) is 0. The van der Waals surface area contributed by atoms with Gasteiger partial charge in [0.05, 0.1) is 0 Å². The Morgan fingerprint density at radius 1 is 1.50 bits per heavy atom. The van der Waals surface area contributed by atoms with Crippen LogP contribution >= 0.6 is 11.5 Å². The third-order valence-corrected chi connectivity index (χ3v) is 2.66. The first-order chi connectivity index (χ1) is 5.63. The highest BCUT2D eigenvalue weighted by molar-refractivity contribution is 7.03. The number of nitrogens with zero attached hydrogens (tertiary/aromatic N) is 1. The van der Waals surface area contributed by atoms with E-state index in [1.165, 1.54) is 11.5 Å². The first-order valence-electron chi connectivity index (χ1n) is 4.07. The van der Waals surface area contributed by atoms with Gasteiger partial charge in [0.2, 0.25) is 0 Å². The van der Waals surface area contributed by atoms with E-state index in [4.69, 9.17) is 0 Å². The van der Waals surface area contributed by atoms with E-state index in [-0.39, 0.29) is 11.7 Å². The molecule has 3 heteroatoms. The molecule has 0 saturated carbocycles. The minimum atomic E-state index is 0.0760. The molecule has 0 radical (unpaired) electrons. The van der Waals surface area contributed by atoms with Crippen molar-refractivity contribution in [3.63, 3.8) is 0 Å². The molecule has 2 nitrogen and oxygen atoms in total. The van der Waals surface area contributed by atoms with Gasteiger partial charge in [-0.2, -0.15) is 4.37 Å². The molecule has 0 aliphatic heterocycles. The first-order valence-corrected chi connectivity index (χ1v) is 4.91. The third kappa shape index (κ3) is 1.91. The van der Waals surface area contributed by atoms with E-state index in [0.29, 0.717) is 11.6 Å². The van der Waals surface area contributed by atoms with Crippen LogP contribution in [0.2, 0.25) is 0 Å². The van der Waals surface area contributed by atoms with Gasteiger partial charge in [-0.05, 0) is 23.5 Å². The van der Waals surface area contributed by atoms with Crippen LogP contribution in [-0.2, 0) is 0 Å². The molecule has 0 aliphatic carbocycles. The minimum Gasteiger partial charge on any atom is -0.292 e. The van der Waals surface area contributed by atoms with Crippen LogP contribution in [0.4, 0.5) is 0 Å². The minimum absolute atomic E-state index is 0.0760. The molecule has 0 aliphatic rings. The van der Waals surface area contributed by atoms with Gasteiger partial charge in [0, 0.05) is 11.3 Å². The number of carbonyl (C=O) groups is 1. The maximum absolute atomic E-state index is 11.6. The fraction of sp³-hybridized carbons (Fsp3) is 0.556. The predicted octanol–water partition coefficient (Wildman–Crippen LogP) is 2.62. The van der Waals surface area contributed by atoms with E-state index in [1.807, 2.05) is 12.3 Å². The van der Waals surface area contributed by atoms with Gasteiger partial charge in [-0.3, -0.25) is 4.79 Å². The van der Waals surface area contributed by atoms with Gasteiger partial charge in [0.15, 0.2) is 5.78 Å². The third-order valence-electron chi connectivity index (χ3n) is 2.10. The molecule has 66 valence electrons. The summed E-state index contributed by atoms with van der Waals surface area (Å²) in [6.07, 6.45) is 0. The molecular formula is C9H13NOS. The van der Waals surface area contributed by atoms with E-state index in [0.717, 1.165) is 0 Å². The van der Waals surface area contributed by atoms with Gasteiger partial charge in [-0.25, -0.2) is 0 Å². The van der Waals surface area contributed by atoms with Crippen molar-refractivity contribution in [1.82, 2.24) is 4.37 Å². The fourth-order valence-corrected chi connectivity index (χ4v) is 1.39. The van der Waals surface area contributed by atoms with Crippen molar-refractivity contribution in [2.24, 2.45) is 11.8 Å². The number of aromatic nitrogens is 1. The topological polar surface area (TPSA) is 30.0 Å². The molecule has 12 heavy (non-hydrogen) atoms. The Bertz CT molecular complexity index is 254. The summed E-state index contributed by atoms with van der Waals surface area (Å²) in [7, 11) is 0. The average Bonchev–Trinajstić information content (AvgIpc) is 2.53. The number of rotatable bonds is 3. The predicted molar refractivity (Wildman–Crippen MR) is 50.4 cm³/mol. The second-order valence-corrected chi connectivity index (χ2v) is 3.95. The van der Waals surface area contributed by atoms with E-state index in [9.17, 15) is 4.79 Å². The molecule has 1 atom stereocenters. The molecule has 1 rings (SSSR count). The summed E-state index contributed by atoms with van der Waals surface area (Å²) in [5.74, 6) is 0.623. The lowest BCUT2D eigenvalue weighted by atomic mass is 9.92. The van der Waals surface area contributed by atoms with E-state index in [1.54, 1.807) is 6.07 Å². The van der Waals surface area contributed by atoms with Gasteiger partial charge >= 0.3 is 0 Å². The summed E-state index contributed by atoms with van der Waals surface area (Å²) in [5, 5.41) is 1.83. The summed E-state index contributed by atoms with van der Waals surface area (Å²) >= 11 is 1.33. The van der Waals surface area contributed by atoms with Crippen LogP contribution in [0.3, 0.4) is 0 Å². The summed E-state index contributed by atoms with van der Waals surface area (Å²) in [6, 6.07) is 1.78. The molecule has 1 aromatic heterocycles. The molecule has 1 unspecified atom stereocenters. The van der Waals surface area contributed by atoms with Crippen molar-refractivity contribution in [3.8, 4) is 0 Å². The lowest BCUT2D eigenvalue weighted by Crippen LogP contribution is -2.16. The van der Waals surface area contributed by atoms with Crippen molar-refractivity contribution in [2.75, 3.05) is 0 Å². The molecule has 1 heterocycles. The zero-order valence-electron chi connectivity index (χ0n) is 7.57. The summed E-state index contributed by atoms with van der Waals surface area (Å²) in [5.41, 5.74) is 0.612. The Morgan fingerprint density at radius 3 is 2.58 bits per heavy atom. The van der Waals surface area contributed by atoms with Crippen molar-refractivity contribution in [1.29, 1.82) is 0 Å². The number of hydrogen-bond acceptors (Lipinski definition) is 3. The van der Waals surface area contributed by atoms with Gasteiger partial charge < -0.3 is 0 Å². The van der Waals surface area contributed by atoms with Crippen LogP contribution < -0.4 is 0 Å². The van der Waals surface area contributed by atoms with Crippen molar-refractivity contribution in [3.05, 3.63) is 17.1 Å². The number of Topliss-reactive ketones (excluding diaryl/α,β-unsaturated/α-hetero) is 1. The molecule has 0 spiro atoms. The Labute approximate surface area is 76.8 Å². The largest absolute Gasteiger partial charge is 0.292 e. The maximum Gasteiger partial charge on any atom is 0.185 e. The number of carbonyl (C=O) groups excluding carboxylic acids is 1. The molecule has 0 fully saturated rings. The number of ketones is 1. The zero-order chi connectivity index (χ0) is 9.14. The van der Waals surface area contributed by atoms with Crippen molar-refractivity contribution in [2.45, 2.75) is 20.8 Å². The SMILES string of the molecule is CC(C)C(C)C(=O)c1ccsn1. The van der Waals surface area contributed by atoms with Crippen LogP contribution in [0.1, 0.15) is 31.3 Å². The van der Waals surface area contributed by atoms with Crippen LogP contribution in [0.15, 0.2) is 11.4 Å². The van der Waals surface area contributed by atoms with Crippen LogP contribution in [0.5, 0.6) is 0 Å². The first kappa shape index (κ1) is 9.39. The molecule has 0 aromatic carbocycles. The van der Waals surface area contributed by atoms with E-state index < -0.39 is 0 Å². The monoisotopic (exact) mass is 183 g/mol. The second kappa shape index (κ2) is 3.81. The average molecular weight is 183 g/mol. The van der Waals surface area contributed by atoms with Gasteiger partial charge in [-0.1, -0.05) is 20.8 Å². The summed E-state index contributed by atoms with van der Waals surface area (Å²) < 4.78 is 4.01. The van der Waals surface area contributed by atoms with Crippen LogP contribution in [0, 0.1) is 11.8 Å². The van der Waals surface area contributed by atoms with E-state index in [2.05, 4.69) is 18.2 Å². The molecule has 0 bridgehead atoms. The second-order valence-electron chi connectivity index (χ2n) is 3.28. The van der Waals surface area contributed by atoms with Crippen molar-refractivity contribution < 1.29 is 4.79 Å². The molecular weight excluding hydrogens is 170 g/mol. The molecule has 0 N–H and O–H groups in total. The van der Waals surface area contributed by atoms with E-state index >= 15 is 0 Å². The highest BCUT2D eigenvalue weighted by Crippen LogP contribution is 2.15. The Balaban J connectivity index is 2.72. The lowest BCUT2D eigenvalue weighted by Gasteiger charge is -2.11. The maximum atomic E-state index is 11.6.